The molecule has 0 N–H and O–H groups in total. The Kier molecular flexibility index (Phi) is 3.84. The van der Waals surface area contributed by atoms with E-state index in [4.69, 9.17) is 9.26 Å². The Bertz CT molecular complexity index is 734. The predicted octanol–water partition coefficient (Wildman–Crippen LogP) is 2.37. The molecule has 126 valence electrons. The smallest absolute Gasteiger partial charge is 0.227 e. The molecule has 0 radical (unpaired) electrons. The lowest BCUT2D eigenvalue weighted by Crippen LogP contribution is -2.46. The van der Waals surface area contributed by atoms with Gasteiger partial charge < -0.3 is 14.2 Å². The Morgan fingerprint density at radius 2 is 2.08 bits per heavy atom. The fourth-order valence-electron chi connectivity index (χ4n) is 3.05. The average molecular weight is 327 g/mol. The molecule has 2 aliphatic rings. The van der Waals surface area contributed by atoms with E-state index < -0.39 is 0 Å². The molecule has 2 heterocycles. The van der Waals surface area contributed by atoms with Gasteiger partial charge in [0.25, 0.3) is 0 Å². The minimum absolute atomic E-state index is 0.0307. The van der Waals surface area contributed by atoms with Gasteiger partial charge in [0.2, 0.25) is 17.6 Å². The maximum atomic E-state index is 12.4. The quantitative estimate of drug-likeness (QED) is 0.862. The lowest BCUT2D eigenvalue weighted by atomic mass is 10.1. The highest BCUT2D eigenvalue weighted by atomic mass is 16.5. The van der Waals surface area contributed by atoms with E-state index in [0.29, 0.717) is 37.7 Å². The van der Waals surface area contributed by atoms with Crippen LogP contribution in [0.2, 0.25) is 0 Å². The van der Waals surface area contributed by atoms with Crippen molar-refractivity contribution in [2.75, 3.05) is 19.7 Å². The highest BCUT2D eigenvalue weighted by molar-refractivity contribution is 5.76. The molecule has 1 saturated carbocycles. The summed E-state index contributed by atoms with van der Waals surface area (Å²) in [7, 11) is 0. The van der Waals surface area contributed by atoms with Crippen LogP contribution in [0.3, 0.4) is 0 Å². The average Bonchev–Trinajstić information content (AvgIpc) is 3.16. The minimum atomic E-state index is -0.0307. The fraction of sp³-hybridized carbons (Fsp3) is 0.500. The van der Waals surface area contributed by atoms with E-state index in [0.717, 1.165) is 24.9 Å². The van der Waals surface area contributed by atoms with Crippen molar-refractivity contribution in [3.8, 4) is 11.4 Å². The summed E-state index contributed by atoms with van der Waals surface area (Å²) in [6, 6.07) is 7.97. The fourth-order valence-corrected chi connectivity index (χ4v) is 3.05. The third-order valence-corrected chi connectivity index (χ3v) is 4.74. The van der Waals surface area contributed by atoms with Gasteiger partial charge in [-0.1, -0.05) is 35.0 Å². The first-order valence-electron chi connectivity index (χ1n) is 8.45. The summed E-state index contributed by atoms with van der Waals surface area (Å²) in [5.74, 6) is 1.22. The second-order valence-corrected chi connectivity index (χ2v) is 6.72. The summed E-state index contributed by atoms with van der Waals surface area (Å²) in [4.78, 5) is 18.7. The van der Waals surface area contributed by atoms with Gasteiger partial charge in [-0.3, -0.25) is 4.79 Å². The van der Waals surface area contributed by atoms with Crippen LogP contribution in [0, 0.1) is 6.92 Å². The van der Waals surface area contributed by atoms with Crippen molar-refractivity contribution in [2.45, 2.75) is 38.2 Å². The molecule has 1 aliphatic heterocycles. The molecule has 2 fully saturated rings. The van der Waals surface area contributed by atoms with Crippen molar-refractivity contribution in [1.29, 1.82) is 0 Å². The second kappa shape index (κ2) is 6.02. The van der Waals surface area contributed by atoms with E-state index in [1.807, 2.05) is 36.1 Å². The van der Waals surface area contributed by atoms with E-state index in [1.165, 1.54) is 5.56 Å². The summed E-state index contributed by atoms with van der Waals surface area (Å²) in [6.07, 6.45) is 3.01. The lowest BCUT2D eigenvalue weighted by molar-refractivity contribution is -0.140. The summed E-state index contributed by atoms with van der Waals surface area (Å²) in [5, 5.41) is 4.01. The van der Waals surface area contributed by atoms with Crippen LogP contribution in [-0.2, 0) is 16.0 Å². The zero-order chi connectivity index (χ0) is 16.6. The van der Waals surface area contributed by atoms with E-state index in [9.17, 15) is 4.79 Å². The number of hydrogen-bond acceptors (Lipinski definition) is 5. The van der Waals surface area contributed by atoms with Crippen molar-refractivity contribution >= 4 is 5.91 Å². The molecule has 1 amide bonds. The van der Waals surface area contributed by atoms with Crippen LogP contribution in [0.5, 0.6) is 0 Å². The predicted molar refractivity (Wildman–Crippen MR) is 87.3 cm³/mol. The summed E-state index contributed by atoms with van der Waals surface area (Å²) < 4.78 is 11.0. The van der Waals surface area contributed by atoms with Crippen molar-refractivity contribution in [1.82, 2.24) is 15.0 Å². The molecule has 6 nitrogen and oxygen atoms in total. The van der Waals surface area contributed by atoms with Crippen LogP contribution in [0.4, 0.5) is 0 Å². The molecule has 0 atom stereocenters. The normalized spacial score (nSPS) is 18.8. The third kappa shape index (κ3) is 3.19. The molecule has 4 rings (SSSR count). The van der Waals surface area contributed by atoms with Gasteiger partial charge in [0.15, 0.2) is 0 Å². The number of aromatic nitrogens is 2. The van der Waals surface area contributed by atoms with E-state index in [1.54, 1.807) is 0 Å². The monoisotopic (exact) mass is 327 g/mol. The van der Waals surface area contributed by atoms with Gasteiger partial charge in [0.05, 0.1) is 12.2 Å². The van der Waals surface area contributed by atoms with Gasteiger partial charge in [-0.2, -0.15) is 4.98 Å². The molecular weight excluding hydrogens is 306 g/mol. The van der Waals surface area contributed by atoms with Crippen molar-refractivity contribution in [3.63, 3.8) is 0 Å². The van der Waals surface area contributed by atoms with E-state index in [-0.39, 0.29) is 11.5 Å². The number of rotatable bonds is 4. The number of benzene rings is 1. The summed E-state index contributed by atoms with van der Waals surface area (Å²) in [6.45, 7) is 4.08. The number of carbonyl (C=O) groups excluding carboxylic acids is 1. The van der Waals surface area contributed by atoms with E-state index in [2.05, 4.69) is 10.1 Å². The maximum absolute atomic E-state index is 12.4. The Morgan fingerprint density at radius 3 is 2.83 bits per heavy atom. The standard InChI is InChI=1S/C18H21N3O3/c1-13-2-4-14(5-3-13)17-19-15(24-20-17)6-7-16(22)21-10-11-23-18(12-21)8-9-18/h2-5H,6-12H2,1H3. The SMILES string of the molecule is Cc1ccc(-c2noc(CCC(=O)N3CCOC4(CC4)C3)n2)cc1. The molecule has 6 heteroatoms. The van der Waals surface area contributed by atoms with Crippen LogP contribution in [-0.4, -0.2) is 46.2 Å². The molecule has 1 spiro atoms. The summed E-state index contributed by atoms with van der Waals surface area (Å²) >= 11 is 0. The van der Waals surface area contributed by atoms with Gasteiger partial charge in [0.1, 0.15) is 0 Å². The molecular formula is C18H21N3O3. The Labute approximate surface area is 140 Å². The first kappa shape index (κ1) is 15.3. The highest BCUT2D eigenvalue weighted by Crippen LogP contribution is 2.42. The topological polar surface area (TPSA) is 68.5 Å². The van der Waals surface area contributed by atoms with Crippen LogP contribution in [0.1, 0.15) is 30.7 Å². The van der Waals surface area contributed by atoms with Crippen LogP contribution in [0.25, 0.3) is 11.4 Å². The number of aryl methyl sites for hydroxylation is 2. The number of nitrogens with zero attached hydrogens (tertiary/aromatic N) is 3. The molecule has 1 aromatic carbocycles. The zero-order valence-corrected chi connectivity index (χ0v) is 13.8. The van der Waals surface area contributed by atoms with Crippen molar-refractivity contribution in [3.05, 3.63) is 35.7 Å². The molecule has 24 heavy (non-hydrogen) atoms. The third-order valence-electron chi connectivity index (χ3n) is 4.74. The van der Waals surface area contributed by atoms with Crippen LogP contribution in [0.15, 0.2) is 28.8 Å². The number of hydrogen-bond donors (Lipinski definition) is 0. The van der Waals surface area contributed by atoms with Crippen LogP contribution < -0.4 is 0 Å². The maximum Gasteiger partial charge on any atom is 0.227 e. The highest BCUT2D eigenvalue weighted by Gasteiger charge is 2.48. The lowest BCUT2D eigenvalue weighted by Gasteiger charge is -2.33. The number of carbonyl (C=O) groups is 1. The first-order chi connectivity index (χ1) is 11.6. The van der Waals surface area contributed by atoms with Crippen molar-refractivity contribution < 1.29 is 14.1 Å². The van der Waals surface area contributed by atoms with Gasteiger partial charge in [-0.25, -0.2) is 0 Å². The molecule has 1 saturated heterocycles. The van der Waals surface area contributed by atoms with E-state index >= 15 is 0 Å². The Hall–Kier alpha value is -2.21. The molecule has 0 bridgehead atoms. The Balaban J connectivity index is 1.34. The number of ether oxygens (including phenoxy) is 1. The first-order valence-corrected chi connectivity index (χ1v) is 8.45. The molecule has 1 aromatic heterocycles. The molecule has 1 aliphatic carbocycles. The van der Waals surface area contributed by atoms with Gasteiger partial charge in [0, 0.05) is 31.5 Å². The number of amides is 1. The minimum Gasteiger partial charge on any atom is -0.371 e. The molecule has 2 aromatic rings. The Morgan fingerprint density at radius 1 is 1.29 bits per heavy atom. The summed E-state index contributed by atoms with van der Waals surface area (Å²) in [5.41, 5.74) is 2.08. The second-order valence-electron chi connectivity index (χ2n) is 6.72. The van der Waals surface area contributed by atoms with Gasteiger partial charge in [-0.15, -0.1) is 0 Å². The molecule has 0 unspecified atom stereocenters. The van der Waals surface area contributed by atoms with Gasteiger partial charge in [-0.05, 0) is 19.8 Å². The number of morpholine rings is 1. The van der Waals surface area contributed by atoms with Crippen molar-refractivity contribution in [2.24, 2.45) is 0 Å². The zero-order valence-electron chi connectivity index (χ0n) is 13.8. The van der Waals surface area contributed by atoms with Gasteiger partial charge >= 0.3 is 0 Å². The van der Waals surface area contributed by atoms with Crippen LogP contribution >= 0.6 is 0 Å². The largest absolute Gasteiger partial charge is 0.371 e.